The lowest BCUT2D eigenvalue weighted by Crippen LogP contribution is -2.43. The average molecular weight is 403 g/mol. The molecule has 28 heavy (non-hydrogen) atoms. The summed E-state index contributed by atoms with van der Waals surface area (Å²) in [6.45, 7) is 5.39. The molecule has 1 aliphatic heterocycles. The summed E-state index contributed by atoms with van der Waals surface area (Å²) in [6.07, 6.45) is 2.59. The molecule has 1 N–H and O–H groups in total. The molecule has 0 unspecified atom stereocenters. The van der Waals surface area contributed by atoms with E-state index >= 15 is 0 Å². The Kier molecular flexibility index (Phi) is 7.08. The lowest BCUT2D eigenvalue weighted by molar-refractivity contribution is -0.151. The molecule has 0 radical (unpaired) electrons. The van der Waals surface area contributed by atoms with Crippen LogP contribution in [-0.2, 0) is 20.7 Å². The van der Waals surface area contributed by atoms with Crippen LogP contribution in [0.1, 0.15) is 32.3 Å². The number of H-pyrrole nitrogens is 1. The van der Waals surface area contributed by atoms with Gasteiger partial charge in [-0.1, -0.05) is 43.0 Å². The number of esters is 1. The Hall–Kier alpha value is -2.35. The van der Waals surface area contributed by atoms with Crippen LogP contribution < -0.4 is 0 Å². The van der Waals surface area contributed by atoms with E-state index in [-0.39, 0.29) is 23.5 Å². The Balaban J connectivity index is 1.53. The predicted octanol–water partition coefficient (Wildman–Crippen LogP) is 2.93. The van der Waals surface area contributed by atoms with Crippen molar-refractivity contribution < 1.29 is 14.3 Å². The molecular formula is C20H26N4O3S. The summed E-state index contributed by atoms with van der Waals surface area (Å²) < 4.78 is 5.09. The van der Waals surface area contributed by atoms with E-state index in [1.807, 2.05) is 12.1 Å². The van der Waals surface area contributed by atoms with Gasteiger partial charge < -0.3 is 9.64 Å². The second kappa shape index (κ2) is 9.73. The van der Waals surface area contributed by atoms with Crippen molar-refractivity contribution in [2.24, 2.45) is 5.92 Å². The number of aromatic amines is 1. The number of hydrogen-bond acceptors (Lipinski definition) is 6. The number of carbonyl (C=O) groups is 2. The minimum atomic E-state index is -0.219. The first-order valence-corrected chi connectivity index (χ1v) is 10.7. The van der Waals surface area contributed by atoms with Gasteiger partial charge in [0.05, 0.1) is 18.3 Å². The largest absolute Gasteiger partial charge is 0.466 e. The summed E-state index contributed by atoms with van der Waals surface area (Å²) in [5, 5.41) is 7.68. The van der Waals surface area contributed by atoms with Crippen molar-refractivity contribution in [1.29, 1.82) is 0 Å². The van der Waals surface area contributed by atoms with Crippen LogP contribution in [0.2, 0.25) is 0 Å². The number of ether oxygens (including phenoxy) is 1. The predicted molar refractivity (Wildman–Crippen MR) is 108 cm³/mol. The van der Waals surface area contributed by atoms with Crippen LogP contribution >= 0.6 is 11.8 Å². The minimum Gasteiger partial charge on any atom is -0.466 e. The first-order valence-electron chi connectivity index (χ1n) is 9.69. The van der Waals surface area contributed by atoms with Gasteiger partial charge in [0.15, 0.2) is 5.82 Å². The molecule has 150 valence electrons. The van der Waals surface area contributed by atoms with E-state index in [0.717, 1.165) is 24.8 Å². The van der Waals surface area contributed by atoms with Gasteiger partial charge in [-0.05, 0) is 31.7 Å². The van der Waals surface area contributed by atoms with E-state index in [9.17, 15) is 9.59 Å². The van der Waals surface area contributed by atoms with Gasteiger partial charge >= 0.3 is 5.97 Å². The molecule has 1 atom stereocenters. The summed E-state index contributed by atoms with van der Waals surface area (Å²) >= 11 is 1.30. The molecule has 0 aliphatic carbocycles. The molecule has 1 saturated heterocycles. The fourth-order valence-corrected chi connectivity index (χ4v) is 3.91. The number of thioether (sulfide) groups is 1. The Morgan fingerprint density at radius 3 is 2.79 bits per heavy atom. The summed E-state index contributed by atoms with van der Waals surface area (Å²) in [7, 11) is 0. The fourth-order valence-electron chi connectivity index (χ4n) is 3.21. The number of aryl methyl sites for hydroxylation is 1. The number of nitrogens with zero attached hydrogens (tertiary/aromatic N) is 3. The van der Waals surface area contributed by atoms with Crippen LogP contribution in [0, 0.1) is 5.92 Å². The van der Waals surface area contributed by atoms with Gasteiger partial charge in [-0.15, -0.1) is 5.10 Å². The second-order valence-corrected chi connectivity index (χ2v) is 7.68. The molecule has 1 amide bonds. The fraction of sp³-hybridized carbons (Fsp3) is 0.500. The van der Waals surface area contributed by atoms with Crippen LogP contribution in [0.3, 0.4) is 0 Å². The molecule has 0 bridgehead atoms. The first kappa shape index (κ1) is 20.4. The summed E-state index contributed by atoms with van der Waals surface area (Å²) in [5.41, 5.74) is 2.24. The first-order chi connectivity index (χ1) is 13.6. The molecule has 3 rings (SSSR count). The van der Waals surface area contributed by atoms with Crippen molar-refractivity contribution in [3.05, 3.63) is 29.8 Å². The quantitative estimate of drug-likeness (QED) is 0.566. The summed E-state index contributed by atoms with van der Waals surface area (Å²) in [6, 6.07) is 8.18. The SMILES string of the molecule is CCOC(=O)[C@@H]1CCCN(C(=O)CSc2n[nH]c(-c3ccc(CC)cc3)n2)C1. The third-order valence-electron chi connectivity index (χ3n) is 4.82. The monoisotopic (exact) mass is 402 g/mol. The molecule has 2 aromatic rings. The maximum Gasteiger partial charge on any atom is 0.310 e. The zero-order valence-electron chi connectivity index (χ0n) is 16.3. The molecular weight excluding hydrogens is 376 g/mol. The number of nitrogens with one attached hydrogen (secondary N) is 1. The smallest absolute Gasteiger partial charge is 0.310 e. The minimum absolute atomic E-state index is 0.00218. The number of likely N-dealkylation sites (tertiary alicyclic amines) is 1. The van der Waals surface area contributed by atoms with Crippen molar-refractivity contribution in [3.63, 3.8) is 0 Å². The van der Waals surface area contributed by atoms with Gasteiger partial charge in [0.1, 0.15) is 0 Å². The van der Waals surface area contributed by atoms with Crippen molar-refractivity contribution >= 4 is 23.6 Å². The van der Waals surface area contributed by atoms with Crippen molar-refractivity contribution in [3.8, 4) is 11.4 Å². The summed E-state index contributed by atoms with van der Waals surface area (Å²) in [5.74, 6) is 0.515. The molecule has 0 spiro atoms. The van der Waals surface area contributed by atoms with Gasteiger partial charge in [0.2, 0.25) is 11.1 Å². The Morgan fingerprint density at radius 2 is 2.07 bits per heavy atom. The van der Waals surface area contributed by atoms with E-state index in [1.54, 1.807) is 11.8 Å². The molecule has 7 nitrogen and oxygen atoms in total. The molecule has 8 heteroatoms. The number of benzene rings is 1. The second-order valence-electron chi connectivity index (χ2n) is 6.74. The lowest BCUT2D eigenvalue weighted by atomic mass is 9.98. The third kappa shape index (κ3) is 5.13. The molecule has 1 aromatic heterocycles. The Morgan fingerprint density at radius 1 is 1.29 bits per heavy atom. The summed E-state index contributed by atoms with van der Waals surface area (Å²) in [4.78, 5) is 30.7. The molecule has 2 heterocycles. The van der Waals surface area contributed by atoms with Crippen LogP contribution in [0.25, 0.3) is 11.4 Å². The van der Waals surface area contributed by atoms with Gasteiger partial charge in [-0.3, -0.25) is 14.7 Å². The normalized spacial score (nSPS) is 16.8. The Labute approximate surface area is 169 Å². The third-order valence-corrected chi connectivity index (χ3v) is 5.65. The van der Waals surface area contributed by atoms with E-state index in [1.165, 1.54) is 17.3 Å². The van der Waals surface area contributed by atoms with Gasteiger partial charge in [0.25, 0.3) is 0 Å². The number of carbonyl (C=O) groups excluding carboxylic acids is 2. The number of amides is 1. The average Bonchev–Trinajstić information content (AvgIpc) is 3.21. The van der Waals surface area contributed by atoms with Gasteiger partial charge in [-0.2, -0.15) is 0 Å². The molecule has 0 saturated carbocycles. The highest BCUT2D eigenvalue weighted by Crippen LogP contribution is 2.22. The molecule has 1 aromatic carbocycles. The van der Waals surface area contributed by atoms with Crippen molar-refractivity contribution in [1.82, 2.24) is 20.1 Å². The van der Waals surface area contributed by atoms with E-state index in [4.69, 9.17) is 4.74 Å². The standard InChI is InChI=1S/C20H26N4O3S/c1-3-14-7-9-15(10-8-14)18-21-20(23-22-18)28-13-17(25)24-11-5-6-16(12-24)19(26)27-4-2/h7-10,16H,3-6,11-13H2,1-2H3,(H,21,22,23)/t16-/m1/s1. The number of piperidine rings is 1. The zero-order valence-corrected chi connectivity index (χ0v) is 17.1. The number of rotatable bonds is 7. The van der Waals surface area contributed by atoms with E-state index < -0.39 is 0 Å². The number of hydrogen-bond donors (Lipinski definition) is 1. The molecule has 1 fully saturated rings. The van der Waals surface area contributed by atoms with Crippen LogP contribution in [0.15, 0.2) is 29.4 Å². The molecule has 1 aliphatic rings. The number of aromatic nitrogens is 3. The van der Waals surface area contributed by atoms with Crippen molar-refractivity contribution in [2.45, 2.75) is 38.3 Å². The zero-order chi connectivity index (χ0) is 19.9. The van der Waals surface area contributed by atoms with Crippen LogP contribution in [0.5, 0.6) is 0 Å². The van der Waals surface area contributed by atoms with E-state index in [2.05, 4.69) is 34.2 Å². The van der Waals surface area contributed by atoms with Gasteiger partial charge in [0, 0.05) is 18.7 Å². The highest BCUT2D eigenvalue weighted by atomic mass is 32.2. The Bertz CT molecular complexity index is 806. The topological polar surface area (TPSA) is 88.2 Å². The highest BCUT2D eigenvalue weighted by molar-refractivity contribution is 7.99. The maximum atomic E-state index is 12.5. The highest BCUT2D eigenvalue weighted by Gasteiger charge is 2.29. The van der Waals surface area contributed by atoms with Crippen molar-refractivity contribution in [2.75, 3.05) is 25.4 Å². The van der Waals surface area contributed by atoms with Crippen LogP contribution in [-0.4, -0.2) is 57.4 Å². The lowest BCUT2D eigenvalue weighted by Gasteiger charge is -2.31. The van der Waals surface area contributed by atoms with E-state index in [0.29, 0.717) is 30.7 Å². The van der Waals surface area contributed by atoms with Crippen LogP contribution in [0.4, 0.5) is 0 Å². The van der Waals surface area contributed by atoms with Gasteiger partial charge in [-0.25, -0.2) is 4.98 Å². The maximum absolute atomic E-state index is 12.5.